The number of carbonyl (C=O) groups excluding carboxylic acids is 1. The minimum Gasteiger partial charge on any atom is -0.308 e. The van der Waals surface area contributed by atoms with Crippen molar-refractivity contribution < 1.29 is 4.79 Å². The number of nitrogens with zero attached hydrogens (tertiary/aromatic N) is 2. The van der Waals surface area contributed by atoms with Gasteiger partial charge >= 0.3 is 0 Å². The average molecular weight is 186 g/mol. The SMILES string of the molecule is CCCN(CCC=O)CCN(C)C. The first-order chi connectivity index (χ1) is 6.20. The van der Waals surface area contributed by atoms with Crippen LogP contribution in [0.15, 0.2) is 0 Å². The summed E-state index contributed by atoms with van der Waals surface area (Å²) in [6.07, 6.45) is 2.82. The van der Waals surface area contributed by atoms with Gasteiger partial charge in [-0.05, 0) is 27.1 Å². The van der Waals surface area contributed by atoms with Crippen LogP contribution in [0.25, 0.3) is 0 Å². The highest BCUT2D eigenvalue weighted by atomic mass is 16.1. The summed E-state index contributed by atoms with van der Waals surface area (Å²) in [6, 6.07) is 0. The van der Waals surface area contributed by atoms with Crippen LogP contribution >= 0.6 is 0 Å². The van der Waals surface area contributed by atoms with Gasteiger partial charge in [0.2, 0.25) is 0 Å². The summed E-state index contributed by atoms with van der Waals surface area (Å²) in [5, 5.41) is 0. The molecule has 0 atom stereocenters. The maximum Gasteiger partial charge on any atom is 0.121 e. The molecule has 0 spiro atoms. The van der Waals surface area contributed by atoms with E-state index < -0.39 is 0 Å². The Morgan fingerprint density at radius 2 is 1.77 bits per heavy atom. The highest BCUT2D eigenvalue weighted by Crippen LogP contribution is 1.93. The van der Waals surface area contributed by atoms with Gasteiger partial charge in [0.05, 0.1) is 0 Å². The second-order valence-electron chi connectivity index (χ2n) is 3.60. The van der Waals surface area contributed by atoms with Gasteiger partial charge in [-0.1, -0.05) is 6.92 Å². The minimum absolute atomic E-state index is 0.660. The van der Waals surface area contributed by atoms with Gasteiger partial charge in [-0.2, -0.15) is 0 Å². The smallest absolute Gasteiger partial charge is 0.121 e. The third-order valence-corrected chi connectivity index (χ3v) is 1.97. The number of hydrogen-bond acceptors (Lipinski definition) is 3. The maximum absolute atomic E-state index is 10.2. The van der Waals surface area contributed by atoms with Gasteiger partial charge in [0.15, 0.2) is 0 Å². The molecule has 0 aliphatic rings. The highest BCUT2D eigenvalue weighted by molar-refractivity contribution is 5.49. The molecule has 0 heterocycles. The molecule has 78 valence electrons. The van der Waals surface area contributed by atoms with E-state index in [0.29, 0.717) is 6.42 Å². The number of hydrogen-bond donors (Lipinski definition) is 0. The summed E-state index contributed by atoms with van der Waals surface area (Å²) >= 11 is 0. The quantitative estimate of drug-likeness (QED) is 0.525. The minimum atomic E-state index is 0.660. The maximum atomic E-state index is 10.2. The van der Waals surface area contributed by atoms with Gasteiger partial charge in [-0.15, -0.1) is 0 Å². The lowest BCUT2D eigenvalue weighted by Gasteiger charge is -2.22. The summed E-state index contributed by atoms with van der Waals surface area (Å²) in [5.41, 5.74) is 0. The molecule has 0 fully saturated rings. The molecule has 0 unspecified atom stereocenters. The van der Waals surface area contributed by atoms with E-state index in [4.69, 9.17) is 0 Å². The first kappa shape index (κ1) is 12.6. The molecule has 0 aromatic rings. The van der Waals surface area contributed by atoms with Gasteiger partial charge in [0.1, 0.15) is 6.29 Å². The van der Waals surface area contributed by atoms with Crippen molar-refractivity contribution >= 4 is 6.29 Å². The summed E-state index contributed by atoms with van der Waals surface area (Å²) in [6.45, 7) is 6.31. The van der Waals surface area contributed by atoms with Crippen LogP contribution < -0.4 is 0 Å². The molecular weight excluding hydrogens is 164 g/mol. The lowest BCUT2D eigenvalue weighted by molar-refractivity contribution is -0.108. The van der Waals surface area contributed by atoms with Crippen molar-refractivity contribution in [2.45, 2.75) is 19.8 Å². The Bertz CT molecular complexity index is 126. The fraction of sp³-hybridized carbons (Fsp3) is 0.900. The van der Waals surface area contributed by atoms with Crippen LogP contribution in [0.4, 0.5) is 0 Å². The molecule has 0 aromatic carbocycles. The molecule has 0 N–H and O–H groups in total. The van der Waals surface area contributed by atoms with Gasteiger partial charge in [-0.3, -0.25) is 0 Å². The molecule has 3 heteroatoms. The Kier molecular flexibility index (Phi) is 7.94. The summed E-state index contributed by atoms with van der Waals surface area (Å²) in [7, 11) is 4.15. The number of aldehydes is 1. The zero-order valence-electron chi connectivity index (χ0n) is 9.12. The zero-order chi connectivity index (χ0) is 10.1. The second-order valence-corrected chi connectivity index (χ2v) is 3.60. The molecule has 0 aliphatic carbocycles. The first-order valence-corrected chi connectivity index (χ1v) is 5.01. The van der Waals surface area contributed by atoms with Crippen molar-refractivity contribution in [3.05, 3.63) is 0 Å². The van der Waals surface area contributed by atoms with E-state index in [9.17, 15) is 4.79 Å². The molecule has 0 saturated carbocycles. The van der Waals surface area contributed by atoms with E-state index in [1.807, 2.05) is 0 Å². The molecule has 0 bridgehead atoms. The molecule has 13 heavy (non-hydrogen) atoms. The van der Waals surface area contributed by atoms with Gasteiger partial charge < -0.3 is 14.6 Å². The molecular formula is C10H22N2O. The monoisotopic (exact) mass is 186 g/mol. The Morgan fingerprint density at radius 1 is 1.08 bits per heavy atom. The van der Waals surface area contributed by atoms with Crippen LogP contribution in [0, 0.1) is 0 Å². The molecule has 0 aromatic heterocycles. The Balaban J connectivity index is 3.59. The van der Waals surface area contributed by atoms with Crippen molar-refractivity contribution in [3.63, 3.8) is 0 Å². The van der Waals surface area contributed by atoms with E-state index in [1.54, 1.807) is 0 Å². The van der Waals surface area contributed by atoms with Crippen LogP contribution in [0.1, 0.15) is 19.8 Å². The van der Waals surface area contributed by atoms with Gasteiger partial charge in [0.25, 0.3) is 0 Å². The molecule has 0 rings (SSSR count). The number of likely N-dealkylation sites (N-methyl/N-ethyl adjacent to an activating group) is 1. The van der Waals surface area contributed by atoms with Gasteiger partial charge in [-0.25, -0.2) is 0 Å². The normalized spacial score (nSPS) is 11.2. The van der Waals surface area contributed by atoms with Crippen molar-refractivity contribution in [1.82, 2.24) is 9.80 Å². The van der Waals surface area contributed by atoms with E-state index >= 15 is 0 Å². The van der Waals surface area contributed by atoms with E-state index in [0.717, 1.165) is 38.9 Å². The van der Waals surface area contributed by atoms with Crippen molar-refractivity contribution in [2.75, 3.05) is 40.3 Å². The molecule has 0 amide bonds. The van der Waals surface area contributed by atoms with Crippen LogP contribution in [-0.4, -0.2) is 56.4 Å². The third kappa shape index (κ3) is 7.94. The van der Waals surface area contributed by atoms with E-state index in [-0.39, 0.29) is 0 Å². The predicted octanol–water partition coefficient (Wildman–Crippen LogP) is 0.849. The van der Waals surface area contributed by atoms with Crippen molar-refractivity contribution in [1.29, 1.82) is 0 Å². The van der Waals surface area contributed by atoms with E-state index in [2.05, 4.69) is 30.8 Å². The van der Waals surface area contributed by atoms with Crippen molar-refractivity contribution in [2.24, 2.45) is 0 Å². The summed E-state index contributed by atoms with van der Waals surface area (Å²) in [5.74, 6) is 0. The largest absolute Gasteiger partial charge is 0.308 e. The summed E-state index contributed by atoms with van der Waals surface area (Å²) in [4.78, 5) is 14.7. The fourth-order valence-electron chi connectivity index (χ4n) is 1.23. The topological polar surface area (TPSA) is 23.6 Å². The lowest BCUT2D eigenvalue weighted by Crippen LogP contribution is -2.33. The Morgan fingerprint density at radius 3 is 2.23 bits per heavy atom. The van der Waals surface area contributed by atoms with Gasteiger partial charge in [0, 0.05) is 26.1 Å². The lowest BCUT2D eigenvalue weighted by atomic mass is 10.3. The fourth-order valence-corrected chi connectivity index (χ4v) is 1.23. The molecule has 0 saturated heterocycles. The number of rotatable bonds is 8. The Hall–Kier alpha value is -0.410. The van der Waals surface area contributed by atoms with Crippen LogP contribution in [0.2, 0.25) is 0 Å². The molecule has 3 nitrogen and oxygen atoms in total. The summed E-state index contributed by atoms with van der Waals surface area (Å²) < 4.78 is 0. The molecule has 0 aliphatic heterocycles. The molecule has 0 radical (unpaired) electrons. The van der Waals surface area contributed by atoms with Crippen LogP contribution in [0.5, 0.6) is 0 Å². The second kappa shape index (κ2) is 8.20. The highest BCUT2D eigenvalue weighted by Gasteiger charge is 2.02. The first-order valence-electron chi connectivity index (χ1n) is 5.01. The van der Waals surface area contributed by atoms with E-state index in [1.165, 1.54) is 0 Å². The Labute approximate surface area is 81.7 Å². The van der Waals surface area contributed by atoms with Crippen molar-refractivity contribution in [3.8, 4) is 0 Å². The average Bonchev–Trinajstić information content (AvgIpc) is 2.09. The van der Waals surface area contributed by atoms with Crippen LogP contribution in [0.3, 0.4) is 0 Å². The number of carbonyl (C=O) groups is 1. The predicted molar refractivity (Wildman–Crippen MR) is 56.0 cm³/mol. The third-order valence-electron chi connectivity index (χ3n) is 1.97. The van der Waals surface area contributed by atoms with Crippen LogP contribution in [-0.2, 0) is 4.79 Å². The standard InChI is InChI=1S/C10H22N2O/c1-4-6-12(7-5-10-13)9-8-11(2)3/h10H,4-9H2,1-3H3. The zero-order valence-corrected chi connectivity index (χ0v) is 9.12.